The van der Waals surface area contributed by atoms with Gasteiger partial charge in [-0.2, -0.15) is 15.3 Å². The summed E-state index contributed by atoms with van der Waals surface area (Å²) in [6.45, 7) is 6.29. The summed E-state index contributed by atoms with van der Waals surface area (Å²) in [6.07, 6.45) is 13.6. The highest BCUT2D eigenvalue weighted by Crippen LogP contribution is 2.51. The van der Waals surface area contributed by atoms with Crippen molar-refractivity contribution < 1.29 is 4.79 Å². The van der Waals surface area contributed by atoms with Crippen molar-refractivity contribution in [3.63, 3.8) is 0 Å². The molecule has 4 aliphatic rings. The molecule has 0 saturated heterocycles. The molecule has 6 rings (SSSR count). The van der Waals surface area contributed by atoms with E-state index in [2.05, 4.69) is 76.8 Å². The first-order chi connectivity index (χ1) is 16.9. The number of hydrogen-bond acceptors (Lipinski definition) is 5. The Morgan fingerprint density at radius 2 is 1.97 bits per heavy atom. The summed E-state index contributed by atoms with van der Waals surface area (Å²) < 4.78 is 2.16. The second-order valence-corrected chi connectivity index (χ2v) is 11.1. The maximum absolute atomic E-state index is 13.6. The molecule has 1 fully saturated rings. The van der Waals surface area contributed by atoms with E-state index in [9.17, 15) is 4.79 Å². The van der Waals surface area contributed by atoms with Gasteiger partial charge in [0.1, 0.15) is 0 Å². The number of hydrogen-bond donors (Lipinski definition) is 2. The SMILES string of the molecule is CC[C@@]1(c2cccc(-c3cnn(C4CCCCC4)c3)c2)C2=CN=NC2NC2=C1C(=O)NC(C)(C)C2. The van der Waals surface area contributed by atoms with Crippen LogP contribution in [0.15, 0.2) is 69.9 Å². The summed E-state index contributed by atoms with van der Waals surface area (Å²) in [5.74, 6) is -0.00706. The maximum Gasteiger partial charge on any atom is 0.250 e. The van der Waals surface area contributed by atoms with Crippen molar-refractivity contribution >= 4 is 5.91 Å². The Morgan fingerprint density at radius 1 is 1.14 bits per heavy atom. The van der Waals surface area contributed by atoms with Crippen molar-refractivity contribution in [1.29, 1.82) is 0 Å². The van der Waals surface area contributed by atoms with E-state index in [0.29, 0.717) is 6.04 Å². The van der Waals surface area contributed by atoms with Gasteiger partial charge >= 0.3 is 0 Å². The standard InChI is InChI=1S/C28H34N6O/c1-4-28(22-16-29-33-25(22)31-23-14-27(2,3)32-26(35)24(23)28)20-10-8-9-18(13-20)19-15-30-34(17-19)21-11-6-5-7-12-21/h8-10,13,15-17,21,25,31H,4-7,11-12,14H2,1-3H3,(H,32,35)/t25?,28-/m1/s1. The van der Waals surface area contributed by atoms with E-state index in [1.165, 1.54) is 32.1 Å². The lowest BCUT2D eigenvalue weighted by molar-refractivity contribution is -0.120. The van der Waals surface area contributed by atoms with E-state index >= 15 is 0 Å². The number of benzene rings is 1. The third-order valence-electron chi connectivity index (χ3n) is 8.27. The zero-order valence-electron chi connectivity index (χ0n) is 20.8. The highest BCUT2D eigenvalue weighted by atomic mass is 16.2. The predicted octanol–water partition coefficient (Wildman–Crippen LogP) is 5.53. The predicted molar refractivity (Wildman–Crippen MR) is 135 cm³/mol. The van der Waals surface area contributed by atoms with Crippen LogP contribution in [0, 0.1) is 0 Å². The summed E-state index contributed by atoms with van der Waals surface area (Å²) in [5.41, 5.74) is 5.30. The van der Waals surface area contributed by atoms with Crippen molar-refractivity contribution in [1.82, 2.24) is 20.4 Å². The summed E-state index contributed by atoms with van der Waals surface area (Å²) in [4.78, 5) is 13.6. The number of nitrogens with zero attached hydrogens (tertiary/aromatic N) is 4. The van der Waals surface area contributed by atoms with E-state index in [4.69, 9.17) is 5.10 Å². The van der Waals surface area contributed by atoms with Crippen molar-refractivity contribution in [2.45, 2.75) is 88.9 Å². The molecule has 3 aliphatic heterocycles. The number of fused-ring (bicyclic) bond motifs is 1. The molecule has 2 atom stereocenters. The van der Waals surface area contributed by atoms with Crippen LogP contribution in [0.5, 0.6) is 0 Å². The molecule has 2 aromatic rings. The fourth-order valence-corrected chi connectivity index (χ4v) is 6.60. The van der Waals surface area contributed by atoms with Gasteiger partial charge in [0.2, 0.25) is 0 Å². The van der Waals surface area contributed by atoms with E-state index in [-0.39, 0.29) is 17.6 Å². The number of carbonyl (C=O) groups excluding carboxylic acids is 1. The molecule has 1 unspecified atom stereocenters. The van der Waals surface area contributed by atoms with Crippen LogP contribution in [-0.4, -0.2) is 27.4 Å². The molecule has 0 bridgehead atoms. The second kappa shape index (κ2) is 8.18. The third-order valence-corrected chi connectivity index (χ3v) is 8.27. The average molecular weight is 471 g/mol. The van der Waals surface area contributed by atoms with Gasteiger partial charge in [-0.25, -0.2) is 0 Å². The summed E-state index contributed by atoms with van der Waals surface area (Å²) >= 11 is 0. The Kier molecular flexibility index (Phi) is 5.20. The lowest BCUT2D eigenvalue weighted by atomic mass is 9.62. The number of amides is 1. The van der Waals surface area contributed by atoms with Crippen LogP contribution in [0.3, 0.4) is 0 Å². The van der Waals surface area contributed by atoms with Gasteiger partial charge < -0.3 is 10.6 Å². The molecular weight excluding hydrogens is 436 g/mol. The first-order valence-corrected chi connectivity index (χ1v) is 13.0. The van der Waals surface area contributed by atoms with Crippen LogP contribution in [0.1, 0.15) is 77.3 Å². The molecule has 1 aromatic heterocycles. The second-order valence-electron chi connectivity index (χ2n) is 11.1. The number of azo groups is 1. The summed E-state index contributed by atoms with van der Waals surface area (Å²) in [5, 5.41) is 20.2. The van der Waals surface area contributed by atoms with Crippen molar-refractivity contribution in [3.05, 3.63) is 65.3 Å². The van der Waals surface area contributed by atoms with Gasteiger partial charge in [0.05, 0.1) is 29.4 Å². The first-order valence-electron chi connectivity index (χ1n) is 13.0. The first kappa shape index (κ1) is 22.3. The minimum absolute atomic E-state index is 0.00706. The molecule has 1 aromatic carbocycles. The summed E-state index contributed by atoms with van der Waals surface area (Å²) in [7, 11) is 0. The lowest BCUT2D eigenvalue weighted by Crippen LogP contribution is -2.58. The largest absolute Gasteiger partial charge is 0.362 e. The Bertz CT molecular complexity index is 1260. The van der Waals surface area contributed by atoms with Gasteiger partial charge in [-0.3, -0.25) is 9.48 Å². The van der Waals surface area contributed by atoms with Gasteiger partial charge in [0.15, 0.2) is 6.17 Å². The molecule has 7 heteroatoms. The number of carbonyl (C=O) groups is 1. The van der Waals surface area contributed by atoms with Crippen LogP contribution in [0.4, 0.5) is 0 Å². The Hall–Kier alpha value is -3.22. The molecule has 182 valence electrons. The monoisotopic (exact) mass is 470 g/mol. The third kappa shape index (κ3) is 3.55. The van der Waals surface area contributed by atoms with Crippen LogP contribution in [-0.2, 0) is 10.2 Å². The number of rotatable bonds is 4. The zero-order chi connectivity index (χ0) is 24.2. The van der Waals surface area contributed by atoms with Crippen LogP contribution < -0.4 is 10.6 Å². The van der Waals surface area contributed by atoms with E-state index in [1.54, 1.807) is 0 Å². The fourth-order valence-electron chi connectivity index (χ4n) is 6.60. The Labute approximate surface area is 206 Å². The molecule has 1 aliphatic carbocycles. The summed E-state index contributed by atoms with van der Waals surface area (Å²) in [6, 6.07) is 9.14. The quantitative estimate of drug-likeness (QED) is 0.616. The Balaban J connectivity index is 1.45. The molecule has 4 heterocycles. The zero-order valence-corrected chi connectivity index (χ0v) is 20.8. The van der Waals surface area contributed by atoms with E-state index < -0.39 is 5.41 Å². The molecule has 7 nitrogen and oxygen atoms in total. The smallest absolute Gasteiger partial charge is 0.250 e. The topological polar surface area (TPSA) is 83.7 Å². The number of aromatic nitrogens is 2. The molecule has 0 radical (unpaired) electrons. The highest BCUT2D eigenvalue weighted by Gasteiger charge is 2.53. The fraction of sp³-hybridized carbons (Fsp3) is 0.500. The van der Waals surface area contributed by atoms with Crippen LogP contribution in [0.2, 0.25) is 0 Å². The normalized spacial score (nSPS) is 27.7. The van der Waals surface area contributed by atoms with E-state index in [0.717, 1.165) is 46.4 Å². The van der Waals surface area contributed by atoms with Gasteiger partial charge in [-0.1, -0.05) is 44.4 Å². The number of nitrogens with one attached hydrogen (secondary N) is 2. The van der Waals surface area contributed by atoms with Gasteiger partial charge in [-0.15, -0.1) is 0 Å². The van der Waals surface area contributed by atoms with Crippen molar-refractivity contribution in [2.75, 3.05) is 0 Å². The van der Waals surface area contributed by atoms with E-state index in [1.807, 2.05) is 12.4 Å². The van der Waals surface area contributed by atoms with Crippen LogP contribution in [0.25, 0.3) is 11.1 Å². The molecule has 1 saturated carbocycles. The van der Waals surface area contributed by atoms with Crippen LogP contribution >= 0.6 is 0 Å². The highest BCUT2D eigenvalue weighted by molar-refractivity contribution is 6.00. The average Bonchev–Trinajstić information content (AvgIpc) is 3.53. The minimum atomic E-state index is -0.579. The minimum Gasteiger partial charge on any atom is -0.362 e. The van der Waals surface area contributed by atoms with Gasteiger partial charge in [0, 0.05) is 35.0 Å². The molecule has 1 amide bonds. The van der Waals surface area contributed by atoms with Crippen molar-refractivity contribution in [3.8, 4) is 11.1 Å². The molecular formula is C28H34N6O. The molecule has 2 N–H and O–H groups in total. The molecule has 35 heavy (non-hydrogen) atoms. The Morgan fingerprint density at radius 3 is 2.77 bits per heavy atom. The van der Waals surface area contributed by atoms with Crippen molar-refractivity contribution in [2.24, 2.45) is 10.2 Å². The lowest BCUT2D eigenvalue weighted by Gasteiger charge is -2.48. The molecule has 0 spiro atoms. The maximum atomic E-state index is 13.6. The van der Waals surface area contributed by atoms with Gasteiger partial charge in [-0.05, 0) is 50.3 Å². The van der Waals surface area contributed by atoms with Gasteiger partial charge in [0.25, 0.3) is 5.91 Å².